The van der Waals surface area contributed by atoms with Crippen LogP contribution in [0.4, 0.5) is 0 Å². The lowest BCUT2D eigenvalue weighted by atomic mass is 10.2. The number of hydrogen-bond donors (Lipinski definition) is 2. The van der Waals surface area contributed by atoms with E-state index in [-0.39, 0.29) is 22.9 Å². The summed E-state index contributed by atoms with van der Waals surface area (Å²) in [5.74, 6) is -0.744. The molecule has 1 aliphatic rings. The van der Waals surface area contributed by atoms with Gasteiger partial charge in [-0.25, -0.2) is 8.42 Å². The molecule has 24 heavy (non-hydrogen) atoms. The Balaban J connectivity index is 2.04. The monoisotopic (exact) mass is 353 g/mol. The van der Waals surface area contributed by atoms with Gasteiger partial charge in [0.15, 0.2) is 0 Å². The molecule has 132 valence electrons. The Bertz CT molecular complexity index is 697. The first-order valence-corrected chi connectivity index (χ1v) is 9.54. The van der Waals surface area contributed by atoms with Crippen molar-refractivity contribution in [1.29, 1.82) is 0 Å². The second-order valence-electron chi connectivity index (χ2n) is 5.67. The zero-order chi connectivity index (χ0) is 17.6. The van der Waals surface area contributed by atoms with Crippen LogP contribution in [0.25, 0.3) is 0 Å². The second kappa shape index (κ2) is 8.25. The molecule has 7 nitrogen and oxygen atoms in total. The van der Waals surface area contributed by atoms with E-state index in [1.54, 1.807) is 0 Å². The molecule has 1 fully saturated rings. The van der Waals surface area contributed by atoms with Crippen LogP contribution in [0.15, 0.2) is 29.2 Å². The van der Waals surface area contributed by atoms with Crippen LogP contribution in [0.1, 0.15) is 36.5 Å². The Hall–Kier alpha value is -1.93. The third-order valence-corrected chi connectivity index (χ3v) is 5.68. The number of carbonyl (C=O) groups excluding carboxylic acids is 2. The van der Waals surface area contributed by atoms with Crippen molar-refractivity contribution < 1.29 is 18.0 Å². The molecule has 0 aromatic heterocycles. The minimum atomic E-state index is -3.56. The zero-order valence-corrected chi connectivity index (χ0v) is 14.6. The van der Waals surface area contributed by atoms with Crippen molar-refractivity contribution in [2.75, 3.05) is 26.2 Å². The Kier molecular flexibility index (Phi) is 6.33. The Morgan fingerprint density at radius 1 is 1.17 bits per heavy atom. The van der Waals surface area contributed by atoms with Gasteiger partial charge in [-0.1, -0.05) is 13.0 Å². The van der Waals surface area contributed by atoms with Crippen LogP contribution in [-0.2, 0) is 14.8 Å². The summed E-state index contributed by atoms with van der Waals surface area (Å²) in [6.45, 7) is 3.37. The maximum atomic E-state index is 12.5. The normalized spacial score (nSPS) is 15.2. The van der Waals surface area contributed by atoms with E-state index in [1.807, 2.05) is 6.92 Å². The topological polar surface area (TPSA) is 95.6 Å². The van der Waals surface area contributed by atoms with Crippen molar-refractivity contribution in [3.8, 4) is 0 Å². The number of amides is 2. The minimum Gasteiger partial charge on any atom is -0.355 e. The fourth-order valence-electron chi connectivity index (χ4n) is 2.46. The molecule has 1 aromatic rings. The van der Waals surface area contributed by atoms with Gasteiger partial charge in [0.1, 0.15) is 0 Å². The van der Waals surface area contributed by atoms with Gasteiger partial charge >= 0.3 is 0 Å². The van der Waals surface area contributed by atoms with Gasteiger partial charge in [-0.2, -0.15) is 4.31 Å². The number of benzene rings is 1. The molecule has 0 radical (unpaired) electrons. The zero-order valence-electron chi connectivity index (χ0n) is 13.7. The molecule has 1 aliphatic heterocycles. The third kappa shape index (κ3) is 4.55. The van der Waals surface area contributed by atoms with E-state index >= 15 is 0 Å². The SMILES string of the molecule is CCCNC(=O)CNC(=O)c1cccc(S(=O)(=O)N2CCCC2)c1. The summed E-state index contributed by atoms with van der Waals surface area (Å²) in [5, 5.41) is 5.15. The molecule has 0 aliphatic carbocycles. The number of carbonyl (C=O) groups is 2. The molecule has 1 saturated heterocycles. The molecule has 8 heteroatoms. The average Bonchev–Trinajstić information content (AvgIpc) is 3.13. The number of nitrogens with one attached hydrogen (secondary N) is 2. The van der Waals surface area contributed by atoms with Crippen LogP contribution in [0.3, 0.4) is 0 Å². The second-order valence-corrected chi connectivity index (χ2v) is 7.61. The highest BCUT2D eigenvalue weighted by atomic mass is 32.2. The number of sulfonamides is 1. The smallest absolute Gasteiger partial charge is 0.251 e. The Morgan fingerprint density at radius 2 is 1.88 bits per heavy atom. The largest absolute Gasteiger partial charge is 0.355 e. The summed E-state index contributed by atoms with van der Waals surface area (Å²) < 4.78 is 26.5. The predicted molar refractivity (Wildman–Crippen MR) is 90.1 cm³/mol. The van der Waals surface area contributed by atoms with Gasteiger partial charge in [-0.3, -0.25) is 9.59 Å². The quantitative estimate of drug-likeness (QED) is 0.755. The summed E-state index contributed by atoms with van der Waals surface area (Å²) in [5.41, 5.74) is 0.221. The summed E-state index contributed by atoms with van der Waals surface area (Å²) in [6, 6.07) is 5.91. The van der Waals surface area contributed by atoms with Crippen LogP contribution < -0.4 is 10.6 Å². The molecular weight excluding hydrogens is 330 g/mol. The van der Waals surface area contributed by atoms with Crippen molar-refractivity contribution in [2.24, 2.45) is 0 Å². The molecule has 0 spiro atoms. The van der Waals surface area contributed by atoms with E-state index in [0.29, 0.717) is 19.6 Å². The lowest BCUT2D eigenvalue weighted by Crippen LogP contribution is -2.37. The highest BCUT2D eigenvalue weighted by Crippen LogP contribution is 2.21. The molecule has 2 N–H and O–H groups in total. The van der Waals surface area contributed by atoms with Gasteiger partial charge in [0.2, 0.25) is 15.9 Å². The summed E-state index contributed by atoms with van der Waals surface area (Å²) in [7, 11) is -3.56. The first kappa shape index (κ1) is 18.4. The Morgan fingerprint density at radius 3 is 2.54 bits per heavy atom. The predicted octanol–water partition coefficient (Wildman–Crippen LogP) is 0.727. The maximum Gasteiger partial charge on any atom is 0.251 e. The highest BCUT2D eigenvalue weighted by molar-refractivity contribution is 7.89. The van der Waals surface area contributed by atoms with Crippen LogP contribution in [0, 0.1) is 0 Å². The first-order chi connectivity index (χ1) is 11.4. The van der Waals surface area contributed by atoms with E-state index in [4.69, 9.17) is 0 Å². The van der Waals surface area contributed by atoms with Crippen molar-refractivity contribution in [3.05, 3.63) is 29.8 Å². The van der Waals surface area contributed by atoms with E-state index in [1.165, 1.54) is 28.6 Å². The molecule has 1 aromatic carbocycles. The Labute approximate surface area is 142 Å². The summed E-state index contributed by atoms with van der Waals surface area (Å²) >= 11 is 0. The lowest BCUT2D eigenvalue weighted by molar-refractivity contribution is -0.120. The lowest BCUT2D eigenvalue weighted by Gasteiger charge is -2.16. The molecule has 2 rings (SSSR count). The minimum absolute atomic E-state index is 0.104. The third-order valence-electron chi connectivity index (χ3n) is 3.78. The van der Waals surface area contributed by atoms with Gasteiger partial charge in [0, 0.05) is 25.2 Å². The number of rotatable bonds is 7. The molecule has 1 heterocycles. The molecule has 0 unspecified atom stereocenters. The fourth-order valence-corrected chi connectivity index (χ4v) is 4.03. The van der Waals surface area contributed by atoms with Crippen LogP contribution in [-0.4, -0.2) is 50.7 Å². The van der Waals surface area contributed by atoms with Crippen molar-refractivity contribution in [1.82, 2.24) is 14.9 Å². The molecule has 2 amide bonds. The maximum absolute atomic E-state index is 12.5. The van der Waals surface area contributed by atoms with Crippen LogP contribution >= 0.6 is 0 Å². The van der Waals surface area contributed by atoms with Gasteiger partial charge in [0.25, 0.3) is 5.91 Å². The van der Waals surface area contributed by atoms with Crippen LogP contribution in [0.2, 0.25) is 0 Å². The van der Waals surface area contributed by atoms with E-state index in [0.717, 1.165) is 19.3 Å². The molecule has 0 saturated carbocycles. The van der Waals surface area contributed by atoms with Gasteiger partial charge < -0.3 is 10.6 Å². The molecular formula is C16H23N3O4S. The average molecular weight is 353 g/mol. The van der Waals surface area contributed by atoms with Crippen LogP contribution in [0.5, 0.6) is 0 Å². The highest BCUT2D eigenvalue weighted by Gasteiger charge is 2.27. The molecule has 0 atom stereocenters. The number of hydrogen-bond acceptors (Lipinski definition) is 4. The standard InChI is InChI=1S/C16H23N3O4S/c1-2-8-17-15(20)12-18-16(21)13-6-5-7-14(11-13)24(22,23)19-9-3-4-10-19/h5-7,11H,2-4,8-10,12H2,1H3,(H,17,20)(H,18,21). The van der Waals surface area contributed by atoms with Crippen molar-refractivity contribution in [2.45, 2.75) is 31.1 Å². The van der Waals surface area contributed by atoms with Gasteiger partial charge in [-0.15, -0.1) is 0 Å². The number of nitrogens with zero attached hydrogens (tertiary/aromatic N) is 1. The van der Waals surface area contributed by atoms with Crippen molar-refractivity contribution in [3.63, 3.8) is 0 Å². The van der Waals surface area contributed by atoms with E-state index in [2.05, 4.69) is 10.6 Å². The van der Waals surface area contributed by atoms with Crippen molar-refractivity contribution >= 4 is 21.8 Å². The van der Waals surface area contributed by atoms with Gasteiger partial charge in [0.05, 0.1) is 11.4 Å². The van der Waals surface area contributed by atoms with E-state index in [9.17, 15) is 18.0 Å². The van der Waals surface area contributed by atoms with Gasteiger partial charge in [-0.05, 0) is 37.5 Å². The fraction of sp³-hybridized carbons (Fsp3) is 0.500. The molecule has 0 bridgehead atoms. The van der Waals surface area contributed by atoms with E-state index < -0.39 is 15.9 Å². The first-order valence-electron chi connectivity index (χ1n) is 8.10. The summed E-state index contributed by atoms with van der Waals surface area (Å²) in [4.78, 5) is 23.7. The summed E-state index contributed by atoms with van der Waals surface area (Å²) in [6.07, 6.45) is 2.52.